The lowest BCUT2D eigenvalue weighted by Gasteiger charge is -2.23. The molecular formula is C27H22F3N3O4. The van der Waals surface area contributed by atoms with Gasteiger partial charge in [0.25, 0.3) is 5.91 Å². The van der Waals surface area contributed by atoms with Crippen molar-refractivity contribution in [2.24, 2.45) is 7.05 Å². The predicted octanol–water partition coefficient (Wildman–Crippen LogP) is 3.89. The fraction of sp³-hybridized carbons (Fsp3) is 0.148. The SMILES string of the molecule is Cn1cc(/C(=C/C=C/C(=O)Nc2cccc3c2CC(O)C(=O)N3)c2ccc(C(F)(F)F)cc2)ccc1=O. The molecule has 1 aliphatic heterocycles. The largest absolute Gasteiger partial charge is 0.416 e. The van der Waals surface area contributed by atoms with Crippen LogP contribution in [0.25, 0.3) is 5.57 Å². The summed E-state index contributed by atoms with van der Waals surface area (Å²) in [5.74, 6) is -1.02. The molecule has 0 radical (unpaired) electrons. The van der Waals surface area contributed by atoms with E-state index in [1.165, 1.54) is 34.9 Å². The lowest BCUT2D eigenvalue weighted by atomic mass is 9.97. The maximum atomic E-state index is 13.0. The van der Waals surface area contributed by atoms with Crippen LogP contribution in [0.4, 0.5) is 24.5 Å². The first kappa shape index (κ1) is 25.6. The number of allylic oxidation sites excluding steroid dienone is 2. The van der Waals surface area contributed by atoms with Crippen molar-refractivity contribution in [3.05, 3.63) is 112 Å². The van der Waals surface area contributed by atoms with Crippen LogP contribution in [0.2, 0.25) is 0 Å². The van der Waals surface area contributed by atoms with Crippen LogP contribution in [0.1, 0.15) is 22.3 Å². The molecule has 10 heteroatoms. The van der Waals surface area contributed by atoms with Gasteiger partial charge >= 0.3 is 6.18 Å². The van der Waals surface area contributed by atoms with Gasteiger partial charge in [0, 0.05) is 48.7 Å². The number of hydrogen-bond acceptors (Lipinski definition) is 4. The highest BCUT2D eigenvalue weighted by Crippen LogP contribution is 2.32. The molecule has 1 aliphatic rings. The summed E-state index contributed by atoms with van der Waals surface area (Å²) in [5, 5.41) is 15.2. The summed E-state index contributed by atoms with van der Waals surface area (Å²) in [6.45, 7) is 0. The smallest absolute Gasteiger partial charge is 0.383 e. The molecule has 0 fully saturated rings. The number of alkyl halides is 3. The second-order valence-electron chi connectivity index (χ2n) is 8.41. The van der Waals surface area contributed by atoms with Crippen molar-refractivity contribution in [2.75, 3.05) is 10.6 Å². The first-order chi connectivity index (χ1) is 17.5. The van der Waals surface area contributed by atoms with Gasteiger partial charge in [-0.1, -0.05) is 30.4 Å². The Hall–Kier alpha value is -4.44. The van der Waals surface area contributed by atoms with Crippen molar-refractivity contribution < 1.29 is 27.9 Å². The standard InChI is InChI=1S/C27H22F3N3O4/c1-33-15-17(10-13-25(33)36)19(16-8-11-18(12-9-16)27(28,29)30)4-2-7-24(35)31-21-5-3-6-22-20(21)14-23(34)26(37)32-22/h2-13,15,23,34H,14H2,1H3,(H,31,35)(H,32,37)/b7-2+,19-4+. The highest BCUT2D eigenvalue weighted by atomic mass is 19.4. The third kappa shape index (κ3) is 5.87. The Morgan fingerprint density at radius 1 is 1.08 bits per heavy atom. The number of rotatable bonds is 5. The van der Waals surface area contributed by atoms with E-state index >= 15 is 0 Å². The van der Waals surface area contributed by atoms with Crippen molar-refractivity contribution in [2.45, 2.75) is 18.7 Å². The van der Waals surface area contributed by atoms with E-state index in [1.807, 2.05) is 0 Å². The predicted molar refractivity (Wildman–Crippen MR) is 133 cm³/mol. The number of aliphatic hydroxyl groups is 1. The highest BCUT2D eigenvalue weighted by molar-refractivity contribution is 6.03. The third-order valence-electron chi connectivity index (χ3n) is 5.82. The maximum Gasteiger partial charge on any atom is 0.416 e. The molecule has 1 atom stereocenters. The number of hydrogen-bond donors (Lipinski definition) is 3. The summed E-state index contributed by atoms with van der Waals surface area (Å²) >= 11 is 0. The number of nitrogens with zero attached hydrogens (tertiary/aromatic N) is 1. The van der Waals surface area contributed by atoms with Crippen LogP contribution in [-0.2, 0) is 29.2 Å². The van der Waals surface area contributed by atoms with E-state index in [9.17, 15) is 32.7 Å². The van der Waals surface area contributed by atoms with Crippen molar-refractivity contribution in [3.63, 3.8) is 0 Å². The normalized spacial score (nSPS) is 15.9. The quantitative estimate of drug-likeness (QED) is 0.359. The van der Waals surface area contributed by atoms with Crippen LogP contribution in [0.5, 0.6) is 0 Å². The van der Waals surface area contributed by atoms with Gasteiger partial charge in [0.2, 0.25) is 11.5 Å². The molecule has 2 amide bonds. The van der Waals surface area contributed by atoms with E-state index in [2.05, 4.69) is 10.6 Å². The fourth-order valence-corrected chi connectivity index (χ4v) is 3.90. The Morgan fingerprint density at radius 3 is 2.46 bits per heavy atom. The molecule has 0 spiro atoms. The lowest BCUT2D eigenvalue weighted by Crippen LogP contribution is -2.34. The Bertz CT molecular complexity index is 1470. The van der Waals surface area contributed by atoms with Gasteiger partial charge < -0.3 is 20.3 Å². The first-order valence-electron chi connectivity index (χ1n) is 11.2. The molecule has 0 saturated heterocycles. The fourth-order valence-electron chi connectivity index (χ4n) is 3.90. The van der Waals surface area contributed by atoms with Gasteiger partial charge in [0.05, 0.1) is 5.56 Å². The van der Waals surface area contributed by atoms with Gasteiger partial charge in [0.15, 0.2) is 0 Å². The zero-order chi connectivity index (χ0) is 26.7. The summed E-state index contributed by atoms with van der Waals surface area (Å²) in [6, 6.07) is 12.4. The zero-order valence-corrected chi connectivity index (χ0v) is 19.5. The Labute approximate surface area is 209 Å². The van der Waals surface area contributed by atoms with Gasteiger partial charge in [-0.3, -0.25) is 14.4 Å². The molecule has 2 aromatic carbocycles. The van der Waals surface area contributed by atoms with Crippen molar-refractivity contribution in [3.8, 4) is 0 Å². The molecule has 0 bridgehead atoms. The number of aromatic nitrogens is 1. The molecule has 4 rings (SSSR count). The van der Waals surface area contributed by atoms with Crippen molar-refractivity contribution >= 4 is 28.8 Å². The van der Waals surface area contributed by atoms with Gasteiger partial charge in [0.1, 0.15) is 6.10 Å². The first-order valence-corrected chi connectivity index (χ1v) is 11.2. The van der Waals surface area contributed by atoms with Crippen LogP contribution >= 0.6 is 0 Å². The maximum absolute atomic E-state index is 13.0. The monoisotopic (exact) mass is 509 g/mol. The summed E-state index contributed by atoms with van der Waals surface area (Å²) in [7, 11) is 1.55. The molecule has 190 valence electrons. The third-order valence-corrected chi connectivity index (χ3v) is 5.82. The second-order valence-corrected chi connectivity index (χ2v) is 8.41. The summed E-state index contributed by atoms with van der Waals surface area (Å²) < 4.78 is 40.4. The average Bonchev–Trinajstić information content (AvgIpc) is 2.84. The number of halogens is 3. The minimum absolute atomic E-state index is 0.0477. The Morgan fingerprint density at radius 2 is 1.78 bits per heavy atom. The van der Waals surface area contributed by atoms with Crippen molar-refractivity contribution in [1.82, 2.24) is 4.57 Å². The van der Waals surface area contributed by atoms with E-state index in [-0.39, 0.29) is 12.0 Å². The van der Waals surface area contributed by atoms with Crippen molar-refractivity contribution in [1.29, 1.82) is 0 Å². The summed E-state index contributed by atoms with van der Waals surface area (Å²) in [5.41, 5.74) is 1.98. The molecule has 37 heavy (non-hydrogen) atoms. The van der Waals surface area contributed by atoms with Crippen LogP contribution in [0, 0.1) is 0 Å². The molecule has 0 saturated carbocycles. The molecule has 2 heterocycles. The second kappa shape index (κ2) is 10.3. The Kier molecular flexibility index (Phi) is 7.12. The molecule has 1 aromatic heterocycles. The molecule has 3 N–H and O–H groups in total. The highest BCUT2D eigenvalue weighted by Gasteiger charge is 2.30. The number of fused-ring (bicyclic) bond motifs is 1. The average molecular weight is 509 g/mol. The number of benzene rings is 2. The van der Waals surface area contributed by atoms with E-state index < -0.39 is 29.7 Å². The number of aryl methyl sites for hydroxylation is 1. The molecule has 3 aromatic rings. The molecule has 7 nitrogen and oxygen atoms in total. The van der Waals surface area contributed by atoms with E-state index in [4.69, 9.17) is 0 Å². The minimum Gasteiger partial charge on any atom is -0.383 e. The number of amides is 2. The topological polar surface area (TPSA) is 100 Å². The number of pyridine rings is 1. The van der Waals surface area contributed by atoms with Crippen LogP contribution in [0.15, 0.2) is 83.8 Å². The van der Waals surface area contributed by atoms with Crippen LogP contribution in [-0.4, -0.2) is 27.6 Å². The summed E-state index contributed by atoms with van der Waals surface area (Å²) in [6.07, 6.45) is 0.140. The number of nitrogens with one attached hydrogen (secondary N) is 2. The number of aliphatic hydroxyl groups excluding tert-OH is 1. The van der Waals surface area contributed by atoms with Gasteiger partial charge in [-0.15, -0.1) is 0 Å². The van der Waals surface area contributed by atoms with E-state index in [0.717, 1.165) is 12.1 Å². The van der Waals surface area contributed by atoms with Crippen LogP contribution in [0.3, 0.4) is 0 Å². The summed E-state index contributed by atoms with van der Waals surface area (Å²) in [4.78, 5) is 36.1. The number of carbonyl (C=O) groups excluding carboxylic acids is 2. The molecule has 1 unspecified atom stereocenters. The number of anilines is 2. The molecule has 0 aliphatic carbocycles. The van der Waals surface area contributed by atoms with Gasteiger partial charge in [-0.05, 0) is 47.0 Å². The van der Waals surface area contributed by atoms with E-state index in [1.54, 1.807) is 43.6 Å². The zero-order valence-electron chi connectivity index (χ0n) is 19.5. The van der Waals surface area contributed by atoms with Gasteiger partial charge in [-0.2, -0.15) is 13.2 Å². The number of carbonyl (C=O) groups is 2. The van der Waals surface area contributed by atoms with Crippen LogP contribution < -0.4 is 16.2 Å². The Balaban J connectivity index is 1.61. The van der Waals surface area contributed by atoms with E-state index in [0.29, 0.717) is 33.6 Å². The minimum atomic E-state index is -4.48. The van der Waals surface area contributed by atoms with Gasteiger partial charge in [-0.25, -0.2) is 0 Å². The molecular weight excluding hydrogens is 487 g/mol. The lowest BCUT2D eigenvalue weighted by molar-refractivity contribution is -0.137.